The number of piperidine rings is 1. The lowest BCUT2D eigenvalue weighted by Crippen LogP contribution is -2.46. The minimum absolute atomic E-state index is 0.0350. The van der Waals surface area contributed by atoms with E-state index in [4.69, 9.17) is 0 Å². The molecule has 0 atom stereocenters. The van der Waals surface area contributed by atoms with E-state index in [1.54, 1.807) is 17.0 Å². The minimum atomic E-state index is -3.36. The highest BCUT2D eigenvalue weighted by molar-refractivity contribution is 7.92. The fourth-order valence-corrected chi connectivity index (χ4v) is 3.54. The van der Waals surface area contributed by atoms with E-state index in [1.807, 2.05) is 0 Å². The fraction of sp³-hybridized carbons (Fsp3) is 0.333. The van der Waals surface area contributed by atoms with Crippen molar-refractivity contribution in [1.29, 1.82) is 0 Å². The lowest BCUT2D eigenvalue weighted by molar-refractivity contribution is 0.0692. The number of nitrogens with one attached hydrogen (secondary N) is 2. The Hall–Kier alpha value is -3.01. The zero-order chi connectivity index (χ0) is 20.1. The van der Waals surface area contributed by atoms with Gasteiger partial charge in [-0.05, 0) is 37.1 Å². The number of amides is 2. The summed E-state index contributed by atoms with van der Waals surface area (Å²) < 4.78 is 24.8. The maximum absolute atomic E-state index is 12.4. The summed E-state index contributed by atoms with van der Waals surface area (Å²) in [6.07, 6.45) is 6.80. The van der Waals surface area contributed by atoms with Crippen molar-refractivity contribution < 1.29 is 18.0 Å². The summed E-state index contributed by atoms with van der Waals surface area (Å²) in [5, 5.41) is 2.96. The molecule has 1 saturated heterocycles. The van der Waals surface area contributed by atoms with Crippen molar-refractivity contribution in [2.75, 3.05) is 24.1 Å². The Kier molecular flexibility index (Phi) is 5.88. The average molecular weight is 403 g/mol. The van der Waals surface area contributed by atoms with Crippen molar-refractivity contribution in [1.82, 2.24) is 20.2 Å². The molecule has 2 amide bonds. The van der Waals surface area contributed by atoms with E-state index in [-0.39, 0.29) is 17.9 Å². The summed E-state index contributed by atoms with van der Waals surface area (Å²) in [6, 6.07) is 6.17. The Morgan fingerprint density at radius 3 is 2.36 bits per heavy atom. The molecule has 0 spiro atoms. The summed E-state index contributed by atoms with van der Waals surface area (Å²) in [4.78, 5) is 34.4. The molecular weight excluding hydrogens is 382 g/mol. The van der Waals surface area contributed by atoms with Gasteiger partial charge in [0.25, 0.3) is 11.8 Å². The SMILES string of the molecule is CS(=O)(=O)Nc1ccc(C(=O)NC2CCN(C(=O)c3cnccn3)CC2)cc1. The van der Waals surface area contributed by atoms with Crippen LogP contribution in [0.4, 0.5) is 5.69 Å². The Bertz CT molecular complexity index is 940. The highest BCUT2D eigenvalue weighted by atomic mass is 32.2. The second-order valence-electron chi connectivity index (χ2n) is 6.58. The predicted octanol–water partition coefficient (Wildman–Crippen LogP) is 0.883. The van der Waals surface area contributed by atoms with Gasteiger partial charge >= 0.3 is 0 Å². The third-order valence-electron chi connectivity index (χ3n) is 4.35. The number of aromatic nitrogens is 2. The average Bonchev–Trinajstić information content (AvgIpc) is 2.68. The molecule has 1 aliphatic heterocycles. The van der Waals surface area contributed by atoms with Crippen molar-refractivity contribution in [2.45, 2.75) is 18.9 Å². The van der Waals surface area contributed by atoms with Crippen LogP contribution in [-0.2, 0) is 10.0 Å². The molecule has 0 aliphatic carbocycles. The maximum atomic E-state index is 12.4. The molecule has 28 heavy (non-hydrogen) atoms. The molecule has 2 N–H and O–H groups in total. The van der Waals surface area contributed by atoms with Crippen LogP contribution in [0.1, 0.15) is 33.7 Å². The Balaban J connectivity index is 1.52. The summed E-state index contributed by atoms with van der Waals surface area (Å²) in [7, 11) is -3.36. The molecule has 1 fully saturated rings. The van der Waals surface area contributed by atoms with Gasteiger partial charge in [0, 0.05) is 42.8 Å². The molecule has 10 heteroatoms. The van der Waals surface area contributed by atoms with Crippen LogP contribution in [0.25, 0.3) is 0 Å². The van der Waals surface area contributed by atoms with Crippen LogP contribution in [0.3, 0.4) is 0 Å². The molecular formula is C18H21N5O4S. The van der Waals surface area contributed by atoms with Crippen molar-refractivity contribution in [2.24, 2.45) is 0 Å². The van der Waals surface area contributed by atoms with Crippen LogP contribution in [0.5, 0.6) is 0 Å². The monoisotopic (exact) mass is 403 g/mol. The topological polar surface area (TPSA) is 121 Å². The number of benzene rings is 1. The molecule has 0 saturated carbocycles. The standard InChI is InChI=1S/C18H21N5O4S/c1-28(26,27)22-15-4-2-13(3-5-15)17(24)21-14-6-10-23(11-7-14)18(25)16-12-19-8-9-20-16/h2-5,8-9,12,14,22H,6-7,10-11H2,1H3,(H,21,24). The number of anilines is 1. The lowest BCUT2D eigenvalue weighted by Gasteiger charge is -2.32. The van der Waals surface area contributed by atoms with Gasteiger partial charge in [-0.3, -0.25) is 19.3 Å². The minimum Gasteiger partial charge on any atom is -0.349 e. The smallest absolute Gasteiger partial charge is 0.274 e. The van der Waals surface area contributed by atoms with Crippen molar-refractivity contribution in [3.8, 4) is 0 Å². The number of rotatable bonds is 5. The second-order valence-corrected chi connectivity index (χ2v) is 8.33. The number of carbonyl (C=O) groups is 2. The van der Waals surface area contributed by atoms with Crippen LogP contribution in [0.15, 0.2) is 42.9 Å². The van der Waals surface area contributed by atoms with Gasteiger partial charge in [0.05, 0.1) is 12.5 Å². The molecule has 0 radical (unpaired) electrons. The number of nitrogens with zero attached hydrogens (tertiary/aromatic N) is 3. The van der Waals surface area contributed by atoms with Gasteiger partial charge < -0.3 is 10.2 Å². The van der Waals surface area contributed by atoms with Gasteiger partial charge in [-0.25, -0.2) is 13.4 Å². The summed E-state index contributed by atoms with van der Waals surface area (Å²) in [6.45, 7) is 1.05. The highest BCUT2D eigenvalue weighted by Gasteiger charge is 2.25. The van der Waals surface area contributed by atoms with Gasteiger partial charge in [0.15, 0.2) is 0 Å². The van der Waals surface area contributed by atoms with Crippen molar-refractivity contribution in [3.05, 3.63) is 54.1 Å². The summed E-state index contributed by atoms with van der Waals surface area (Å²) in [5.41, 5.74) is 1.15. The van der Waals surface area contributed by atoms with E-state index in [0.29, 0.717) is 42.9 Å². The third kappa shape index (κ3) is 5.26. The van der Waals surface area contributed by atoms with E-state index in [9.17, 15) is 18.0 Å². The highest BCUT2D eigenvalue weighted by Crippen LogP contribution is 2.15. The van der Waals surface area contributed by atoms with E-state index in [2.05, 4.69) is 20.0 Å². The van der Waals surface area contributed by atoms with E-state index in [0.717, 1.165) is 6.26 Å². The quantitative estimate of drug-likeness (QED) is 0.764. The summed E-state index contributed by atoms with van der Waals surface area (Å²) in [5.74, 6) is -0.392. The lowest BCUT2D eigenvalue weighted by atomic mass is 10.0. The predicted molar refractivity (Wildman–Crippen MR) is 103 cm³/mol. The van der Waals surface area contributed by atoms with Gasteiger partial charge in [0.1, 0.15) is 5.69 Å². The molecule has 9 nitrogen and oxygen atoms in total. The fourth-order valence-electron chi connectivity index (χ4n) is 2.97. The van der Waals surface area contributed by atoms with Gasteiger partial charge in [0.2, 0.25) is 10.0 Å². The van der Waals surface area contributed by atoms with Crippen molar-refractivity contribution in [3.63, 3.8) is 0 Å². The number of hydrogen-bond donors (Lipinski definition) is 2. The first-order chi connectivity index (χ1) is 13.3. The maximum Gasteiger partial charge on any atom is 0.274 e. The zero-order valence-electron chi connectivity index (χ0n) is 15.3. The molecule has 0 unspecified atom stereocenters. The summed E-state index contributed by atoms with van der Waals surface area (Å²) >= 11 is 0. The van der Waals surface area contributed by atoms with Crippen LogP contribution in [0, 0.1) is 0 Å². The van der Waals surface area contributed by atoms with Crippen LogP contribution in [-0.4, -0.2) is 60.5 Å². The molecule has 0 bridgehead atoms. The molecule has 2 heterocycles. The molecule has 148 valence electrons. The van der Waals surface area contributed by atoms with Crippen LogP contribution >= 0.6 is 0 Å². The molecule has 1 aliphatic rings. The molecule has 1 aromatic heterocycles. The number of hydrogen-bond acceptors (Lipinski definition) is 6. The second kappa shape index (κ2) is 8.34. The number of sulfonamides is 1. The number of carbonyl (C=O) groups excluding carboxylic acids is 2. The third-order valence-corrected chi connectivity index (χ3v) is 4.96. The van der Waals surface area contributed by atoms with Crippen LogP contribution in [0.2, 0.25) is 0 Å². The first kappa shape index (κ1) is 19.7. The zero-order valence-corrected chi connectivity index (χ0v) is 16.1. The first-order valence-corrected chi connectivity index (χ1v) is 10.6. The largest absolute Gasteiger partial charge is 0.349 e. The Morgan fingerprint density at radius 1 is 1.11 bits per heavy atom. The number of likely N-dealkylation sites (tertiary alicyclic amines) is 1. The van der Waals surface area contributed by atoms with E-state index in [1.165, 1.54) is 30.7 Å². The van der Waals surface area contributed by atoms with Crippen LogP contribution < -0.4 is 10.0 Å². The molecule has 1 aromatic carbocycles. The Labute approximate surface area is 163 Å². The van der Waals surface area contributed by atoms with E-state index >= 15 is 0 Å². The van der Waals surface area contributed by atoms with Crippen molar-refractivity contribution >= 4 is 27.5 Å². The van der Waals surface area contributed by atoms with Gasteiger partial charge in [-0.2, -0.15) is 0 Å². The molecule has 2 aromatic rings. The normalized spacial score (nSPS) is 15.1. The molecule has 3 rings (SSSR count). The van der Waals surface area contributed by atoms with Gasteiger partial charge in [-0.1, -0.05) is 0 Å². The Morgan fingerprint density at radius 2 is 1.79 bits per heavy atom. The first-order valence-electron chi connectivity index (χ1n) is 8.76. The van der Waals surface area contributed by atoms with Gasteiger partial charge in [-0.15, -0.1) is 0 Å². The van der Waals surface area contributed by atoms with E-state index < -0.39 is 10.0 Å².